The van der Waals surface area contributed by atoms with Gasteiger partial charge in [0.2, 0.25) is 0 Å². The second-order valence-electron chi connectivity index (χ2n) is 3.51. The topological polar surface area (TPSA) is 36.0 Å². The highest BCUT2D eigenvalue weighted by Gasteiger charge is 2.10. The summed E-state index contributed by atoms with van der Waals surface area (Å²) < 4.78 is 0. The summed E-state index contributed by atoms with van der Waals surface area (Å²) in [5.41, 5.74) is 4.22. The molecule has 0 unspecified atom stereocenters. The number of nitrogens with one attached hydrogen (secondary N) is 1. The summed E-state index contributed by atoms with van der Waals surface area (Å²) in [7, 11) is 0. The number of benzene rings is 1. The fourth-order valence-corrected chi connectivity index (χ4v) is 1.94. The van der Waals surface area contributed by atoms with Crippen LogP contribution in [0.5, 0.6) is 0 Å². The number of aliphatic hydroxyl groups excluding tert-OH is 1. The van der Waals surface area contributed by atoms with Crippen LogP contribution in [0.3, 0.4) is 0 Å². The Morgan fingerprint density at radius 2 is 2.07 bits per heavy atom. The molecule has 0 bridgehead atoms. The zero-order chi connectivity index (χ0) is 10.3. The van der Waals surface area contributed by atoms with Crippen molar-refractivity contribution in [1.29, 1.82) is 0 Å². The van der Waals surface area contributed by atoms with E-state index in [9.17, 15) is 0 Å². The van der Waals surface area contributed by atoms with Crippen molar-refractivity contribution in [3.05, 3.63) is 34.0 Å². The lowest BCUT2D eigenvalue weighted by molar-refractivity contribution is 0.283. The third-order valence-corrected chi connectivity index (χ3v) is 3.04. The SMILES string of the molecule is Cc1ccc2c(CO)c(Cl)[nH]c2c1C. The van der Waals surface area contributed by atoms with Gasteiger partial charge >= 0.3 is 0 Å². The van der Waals surface area contributed by atoms with Crippen LogP contribution in [0.2, 0.25) is 5.15 Å². The smallest absolute Gasteiger partial charge is 0.112 e. The first-order valence-corrected chi connectivity index (χ1v) is 4.90. The highest BCUT2D eigenvalue weighted by molar-refractivity contribution is 6.31. The van der Waals surface area contributed by atoms with Crippen LogP contribution in [0.25, 0.3) is 10.9 Å². The van der Waals surface area contributed by atoms with Crippen LogP contribution < -0.4 is 0 Å². The predicted octanol–water partition coefficient (Wildman–Crippen LogP) is 2.93. The van der Waals surface area contributed by atoms with Crippen LogP contribution in [-0.4, -0.2) is 10.1 Å². The predicted molar refractivity (Wildman–Crippen MR) is 58.7 cm³/mol. The first kappa shape index (κ1) is 9.56. The Hall–Kier alpha value is -0.990. The van der Waals surface area contributed by atoms with Gasteiger partial charge in [0, 0.05) is 10.9 Å². The third-order valence-electron chi connectivity index (χ3n) is 2.72. The molecule has 74 valence electrons. The number of hydrogen-bond acceptors (Lipinski definition) is 1. The number of rotatable bonds is 1. The number of aromatic amines is 1. The van der Waals surface area contributed by atoms with E-state index in [4.69, 9.17) is 16.7 Å². The summed E-state index contributed by atoms with van der Waals surface area (Å²) >= 11 is 5.98. The Bertz CT molecular complexity index is 487. The van der Waals surface area contributed by atoms with Crippen LogP contribution in [0, 0.1) is 13.8 Å². The Labute approximate surface area is 87.5 Å². The van der Waals surface area contributed by atoms with Gasteiger partial charge in [0.25, 0.3) is 0 Å². The van der Waals surface area contributed by atoms with Crippen molar-refractivity contribution in [2.24, 2.45) is 0 Å². The first-order valence-electron chi connectivity index (χ1n) is 4.52. The molecule has 0 aliphatic carbocycles. The number of fused-ring (bicyclic) bond motifs is 1. The summed E-state index contributed by atoms with van der Waals surface area (Å²) in [6.07, 6.45) is 0. The average molecular weight is 210 g/mol. The molecule has 2 N–H and O–H groups in total. The monoisotopic (exact) mass is 209 g/mol. The minimum Gasteiger partial charge on any atom is -0.392 e. The molecule has 14 heavy (non-hydrogen) atoms. The quantitative estimate of drug-likeness (QED) is 0.745. The van der Waals surface area contributed by atoms with E-state index in [0.29, 0.717) is 5.15 Å². The summed E-state index contributed by atoms with van der Waals surface area (Å²) in [5.74, 6) is 0. The van der Waals surface area contributed by atoms with E-state index < -0.39 is 0 Å². The average Bonchev–Trinajstić information content (AvgIpc) is 2.49. The van der Waals surface area contributed by atoms with Gasteiger partial charge in [0.05, 0.1) is 12.1 Å². The maximum absolute atomic E-state index is 9.16. The molecule has 0 fully saturated rings. The van der Waals surface area contributed by atoms with Crippen molar-refractivity contribution in [3.8, 4) is 0 Å². The minimum absolute atomic E-state index is 0.0265. The molecule has 0 saturated heterocycles. The number of aromatic nitrogens is 1. The van der Waals surface area contributed by atoms with Gasteiger partial charge in [-0.2, -0.15) is 0 Å². The van der Waals surface area contributed by atoms with Gasteiger partial charge in [-0.15, -0.1) is 0 Å². The summed E-state index contributed by atoms with van der Waals surface area (Å²) in [5, 5.41) is 10.7. The number of aliphatic hydroxyl groups is 1. The van der Waals surface area contributed by atoms with E-state index in [1.165, 1.54) is 11.1 Å². The van der Waals surface area contributed by atoms with E-state index >= 15 is 0 Å². The molecule has 3 heteroatoms. The van der Waals surface area contributed by atoms with E-state index in [1.54, 1.807) is 0 Å². The molecule has 0 aliphatic heterocycles. The lowest BCUT2D eigenvalue weighted by Gasteiger charge is -2.01. The van der Waals surface area contributed by atoms with E-state index in [2.05, 4.69) is 11.9 Å². The number of hydrogen-bond donors (Lipinski definition) is 2. The molecule has 0 atom stereocenters. The summed E-state index contributed by atoms with van der Waals surface area (Å²) in [4.78, 5) is 3.09. The summed E-state index contributed by atoms with van der Waals surface area (Å²) in [6, 6.07) is 4.03. The zero-order valence-corrected chi connectivity index (χ0v) is 8.94. The molecule has 0 aliphatic rings. The Balaban J connectivity index is 2.87. The normalized spacial score (nSPS) is 11.1. The lowest BCUT2D eigenvalue weighted by atomic mass is 10.1. The number of halogens is 1. The fraction of sp³-hybridized carbons (Fsp3) is 0.273. The van der Waals surface area contributed by atoms with Crippen LogP contribution in [0.1, 0.15) is 16.7 Å². The maximum Gasteiger partial charge on any atom is 0.112 e. The first-order chi connectivity index (χ1) is 6.65. The molecule has 2 nitrogen and oxygen atoms in total. The van der Waals surface area contributed by atoms with Crippen LogP contribution in [0.4, 0.5) is 0 Å². The van der Waals surface area contributed by atoms with Crippen molar-refractivity contribution in [2.45, 2.75) is 20.5 Å². The van der Waals surface area contributed by atoms with E-state index in [-0.39, 0.29) is 6.61 Å². The Morgan fingerprint density at radius 3 is 2.71 bits per heavy atom. The number of H-pyrrole nitrogens is 1. The molecule has 0 saturated carbocycles. The highest BCUT2D eigenvalue weighted by atomic mass is 35.5. The second-order valence-corrected chi connectivity index (χ2v) is 3.88. The minimum atomic E-state index is -0.0265. The van der Waals surface area contributed by atoms with Crippen LogP contribution in [0.15, 0.2) is 12.1 Å². The van der Waals surface area contributed by atoms with Gasteiger partial charge in [0.1, 0.15) is 5.15 Å². The van der Waals surface area contributed by atoms with Gasteiger partial charge in [-0.3, -0.25) is 0 Å². The van der Waals surface area contributed by atoms with Gasteiger partial charge < -0.3 is 10.1 Å². The lowest BCUT2D eigenvalue weighted by Crippen LogP contribution is -1.83. The van der Waals surface area contributed by atoms with Crippen LogP contribution in [-0.2, 0) is 6.61 Å². The van der Waals surface area contributed by atoms with E-state index in [1.807, 2.05) is 19.1 Å². The fourth-order valence-electron chi connectivity index (χ4n) is 1.69. The van der Waals surface area contributed by atoms with Crippen molar-refractivity contribution >= 4 is 22.5 Å². The van der Waals surface area contributed by atoms with Crippen molar-refractivity contribution in [2.75, 3.05) is 0 Å². The summed E-state index contributed by atoms with van der Waals surface area (Å²) in [6.45, 7) is 4.08. The van der Waals surface area contributed by atoms with Gasteiger partial charge in [-0.25, -0.2) is 0 Å². The molecular formula is C11H12ClNO. The molecular weight excluding hydrogens is 198 g/mol. The second kappa shape index (κ2) is 3.30. The van der Waals surface area contributed by atoms with Crippen molar-refractivity contribution < 1.29 is 5.11 Å². The van der Waals surface area contributed by atoms with E-state index in [0.717, 1.165) is 16.5 Å². The number of aryl methyl sites for hydroxylation is 2. The molecule has 1 aromatic carbocycles. The van der Waals surface area contributed by atoms with Gasteiger partial charge in [0.15, 0.2) is 0 Å². The molecule has 0 amide bonds. The molecule has 2 rings (SSSR count). The largest absolute Gasteiger partial charge is 0.392 e. The highest BCUT2D eigenvalue weighted by Crippen LogP contribution is 2.29. The standard InChI is InChI=1S/C11H12ClNO/c1-6-3-4-8-9(5-14)11(12)13-10(8)7(6)2/h3-4,13-14H,5H2,1-2H3. The van der Waals surface area contributed by atoms with Gasteiger partial charge in [-0.1, -0.05) is 23.7 Å². The molecule has 1 heterocycles. The molecule has 2 aromatic rings. The Morgan fingerprint density at radius 1 is 1.36 bits per heavy atom. The molecule has 1 aromatic heterocycles. The Kier molecular flexibility index (Phi) is 2.25. The van der Waals surface area contributed by atoms with Crippen molar-refractivity contribution in [3.63, 3.8) is 0 Å². The zero-order valence-electron chi connectivity index (χ0n) is 8.19. The maximum atomic E-state index is 9.16. The molecule has 0 radical (unpaired) electrons. The van der Waals surface area contributed by atoms with Gasteiger partial charge in [-0.05, 0) is 25.0 Å². The van der Waals surface area contributed by atoms with Crippen LogP contribution >= 0.6 is 11.6 Å². The van der Waals surface area contributed by atoms with Crippen molar-refractivity contribution in [1.82, 2.24) is 4.98 Å². The molecule has 0 spiro atoms. The third kappa shape index (κ3) is 1.22.